The number of aliphatic hydroxyl groups is 1. The number of hydrogen-bond acceptors (Lipinski definition) is 3. The van der Waals surface area contributed by atoms with Gasteiger partial charge in [-0.3, -0.25) is 0 Å². The quantitative estimate of drug-likeness (QED) is 0.555. The number of hydrogen-bond donors (Lipinski definition) is 4. The number of aliphatic hydroxyl groups excluding tert-OH is 1. The predicted molar refractivity (Wildman–Crippen MR) is 80.2 cm³/mol. The van der Waals surface area contributed by atoms with Crippen molar-refractivity contribution in [1.82, 2.24) is 5.32 Å². The summed E-state index contributed by atoms with van der Waals surface area (Å²) in [6.07, 6.45) is 0. The normalized spacial score (nSPS) is 11.8. The Morgan fingerprint density at radius 1 is 1.21 bits per heavy atom. The average Bonchev–Trinajstić information content (AvgIpc) is 2.30. The molecule has 4 N–H and O–H groups in total. The molecule has 0 saturated heterocycles. The number of halogens is 3. The number of amides is 2. The van der Waals surface area contributed by atoms with E-state index in [0.29, 0.717) is 14.6 Å². The number of rotatable bonds is 4. The lowest BCUT2D eigenvalue weighted by molar-refractivity contribution is -0.140. The maximum Gasteiger partial charge on any atom is 0.328 e. The van der Waals surface area contributed by atoms with Gasteiger partial charge in [0.1, 0.15) is 0 Å². The highest BCUT2D eigenvalue weighted by molar-refractivity contribution is 9.11. The van der Waals surface area contributed by atoms with Gasteiger partial charge >= 0.3 is 12.0 Å². The van der Waals surface area contributed by atoms with Crippen molar-refractivity contribution in [3.63, 3.8) is 0 Å². The van der Waals surface area contributed by atoms with Gasteiger partial charge < -0.3 is 20.8 Å². The molecule has 1 atom stereocenters. The minimum Gasteiger partial charge on any atom is -0.480 e. The summed E-state index contributed by atoms with van der Waals surface area (Å²) in [5, 5.41) is 22.1. The SMILES string of the molecule is O=C(Nc1c(Br)cc(Br)cc1Br)N[C@@H](CO)C(=O)O. The van der Waals surface area contributed by atoms with E-state index in [4.69, 9.17) is 10.2 Å². The highest BCUT2D eigenvalue weighted by Crippen LogP contribution is 2.34. The number of carboxylic acids is 1. The third kappa shape index (κ3) is 4.75. The number of nitrogens with one attached hydrogen (secondary N) is 2. The Hall–Kier alpha value is -0.640. The first-order valence-corrected chi connectivity index (χ1v) is 7.28. The summed E-state index contributed by atoms with van der Waals surface area (Å²) in [4.78, 5) is 22.3. The lowest BCUT2D eigenvalue weighted by atomic mass is 10.3. The summed E-state index contributed by atoms with van der Waals surface area (Å²) in [5.41, 5.74) is 0.447. The van der Waals surface area contributed by atoms with Gasteiger partial charge in [-0.2, -0.15) is 0 Å². The second kappa shape index (κ2) is 7.22. The Kier molecular flexibility index (Phi) is 6.24. The van der Waals surface area contributed by atoms with E-state index in [1.54, 1.807) is 12.1 Å². The molecule has 0 aliphatic heterocycles. The van der Waals surface area contributed by atoms with Crippen LogP contribution in [0.25, 0.3) is 0 Å². The van der Waals surface area contributed by atoms with Gasteiger partial charge in [0.25, 0.3) is 0 Å². The van der Waals surface area contributed by atoms with E-state index >= 15 is 0 Å². The van der Waals surface area contributed by atoms with Crippen molar-refractivity contribution in [2.45, 2.75) is 6.04 Å². The molecule has 2 amide bonds. The lowest BCUT2D eigenvalue weighted by Crippen LogP contribution is -2.45. The van der Waals surface area contributed by atoms with Crippen molar-refractivity contribution in [3.05, 3.63) is 25.6 Å². The third-order valence-corrected chi connectivity index (χ3v) is 3.74. The van der Waals surface area contributed by atoms with Crippen molar-refractivity contribution in [1.29, 1.82) is 0 Å². The van der Waals surface area contributed by atoms with E-state index in [1.165, 1.54) is 0 Å². The van der Waals surface area contributed by atoms with E-state index in [1.807, 2.05) is 0 Å². The topological polar surface area (TPSA) is 98.7 Å². The molecule has 1 aromatic rings. The van der Waals surface area contributed by atoms with E-state index in [2.05, 4.69) is 58.4 Å². The standard InChI is InChI=1S/C10H9Br3N2O4/c11-4-1-5(12)8(6(13)2-4)15-10(19)14-7(3-16)9(17)18/h1-2,7,16H,3H2,(H,17,18)(H2,14,15,19)/t7-/m0/s1. The van der Waals surface area contributed by atoms with Gasteiger partial charge in [-0.25, -0.2) is 9.59 Å². The smallest absolute Gasteiger partial charge is 0.328 e. The van der Waals surface area contributed by atoms with E-state index in [9.17, 15) is 9.59 Å². The number of carboxylic acid groups (broad SMARTS) is 1. The molecule has 0 aromatic heterocycles. The minimum absolute atomic E-state index is 0.447. The van der Waals surface area contributed by atoms with Crippen LogP contribution in [0.15, 0.2) is 25.6 Å². The van der Waals surface area contributed by atoms with Crippen LogP contribution in [0, 0.1) is 0 Å². The molecular formula is C10H9Br3N2O4. The van der Waals surface area contributed by atoms with Crippen molar-refractivity contribution >= 4 is 65.5 Å². The van der Waals surface area contributed by atoms with Crippen LogP contribution in [0.3, 0.4) is 0 Å². The zero-order chi connectivity index (χ0) is 14.6. The van der Waals surface area contributed by atoms with E-state index < -0.39 is 24.6 Å². The number of urea groups is 1. The maximum absolute atomic E-state index is 11.6. The van der Waals surface area contributed by atoms with Crippen LogP contribution in [-0.2, 0) is 4.79 Å². The summed E-state index contributed by atoms with van der Waals surface area (Å²) in [5.74, 6) is -1.31. The first kappa shape index (κ1) is 16.4. The molecule has 0 aliphatic rings. The Morgan fingerprint density at radius 3 is 2.16 bits per heavy atom. The van der Waals surface area contributed by atoms with Crippen LogP contribution in [0.2, 0.25) is 0 Å². The van der Waals surface area contributed by atoms with E-state index in [0.717, 1.165) is 4.47 Å². The molecule has 1 aromatic carbocycles. The molecule has 0 fully saturated rings. The summed E-state index contributed by atoms with van der Waals surface area (Å²) < 4.78 is 2.02. The lowest BCUT2D eigenvalue weighted by Gasteiger charge is -2.14. The molecule has 0 spiro atoms. The molecule has 0 unspecified atom stereocenters. The molecule has 0 saturated carbocycles. The fourth-order valence-electron chi connectivity index (χ4n) is 1.15. The van der Waals surface area contributed by atoms with Gasteiger partial charge in [-0.15, -0.1) is 0 Å². The Bertz CT molecular complexity index is 487. The molecule has 0 bridgehead atoms. The van der Waals surface area contributed by atoms with Crippen molar-refractivity contribution in [2.75, 3.05) is 11.9 Å². The van der Waals surface area contributed by atoms with Crippen LogP contribution >= 0.6 is 47.8 Å². The van der Waals surface area contributed by atoms with Gasteiger partial charge in [0.2, 0.25) is 0 Å². The summed E-state index contributed by atoms with van der Waals surface area (Å²) >= 11 is 9.83. The largest absolute Gasteiger partial charge is 0.480 e. The zero-order valence-electron chi connectivity index (χ0n) is 9.28. The maximum atomic E-state index is 11.6. The minimum atomic E-state index is -1.35. The number of aliphatic carboxylic acids is 1. The fourth-order valence-corrected chi connectivity index (χ4v) is 3.61. The van der Waals surface area contributed by atoms with Crippen LogP contribution < -0.4 is 10.6 Å². The van der Waals surface area contributed by atoms with Gasteiger partial charge in [-0.05, 0) is 44.0 Å². The number of carbonyl (C=O) groups is 2. The Labute approximate surface area is 134 Å². The molecule has 1 rings (SSSR count). The second-order valence-corrected chi connectivity index (χ2v) is 6.04. The monoisotopic (exact) mass is 458 g/mol. The summed E-state index contributed by atoms with van der Waals surface area (Å²) in [6, 6.07) is 1.36. The molecule has 9 heteroatoms. The molecule has 19 heavy (non-hydrogen) atoms. The highest BCUT2D eigenvalue weighted by Gasteiger charge is 2.19. The molecule has 0 heterocycles. The van der Waals surface area contributed by atoms with Gasteiger partial charge in [0.05, 0.1) is 12.3 Å². The molecule has 0 aliphatic carbocycles. The van der Waals surface area contributed by atoms with Crippen molar-refractivity contribution in [2.24, 2.45) is 0 Å². The van der Waals surface area contributed by atoms with Gasteiger partial charge in [0, 0.05) is 13.4 Å². The fraction of sp³-hybridized carbons (Fsp3) is 0.200. The van der Waals surface area contributed by atoms with Crippen LogP contribution in [0.4, 0.5) is 10.5 Å². The van der Waals surface area contributed by atoms with Gasteiger partial charge in [-0.1, -0.05) is 15.9 Å². The number of carbonyl (C=O) groups excluding carboxylic acids is 1. The Morgan fingerprint density at radius 2 is 1.74 bits per heavy atom. The van der Waals surface area contributed by atoms with Crippen molar-refractivity contribution < 1.29 is 19.8 Å². The predicted octanol–water partition coefficient (Wildman–Crippen LogP) is 2.54. The Balaban J connectivity index is 2.80. The summed E-state index contributed by atoms with van der Waals surface area (Å²) in [7, 11) is 0. The van der Waals surface area contributed by atoms with Crippen LogP contribution in [0.1, 0.15) is 0 Å². The van der Waals surface area contributed by atoms with Crippen LogP contribution in [0.5, 0.6) is 0 Å². The highest BCUT2D eigenvalue weighted by atomic mass is 79.9. The number of benzene rings is 1. The third-order valence-electron chi connectivity index (χ3n) is 2.03. The first-order chi connectivity index (χ1) is 8.85. The van der Waals surface area contributed by atoms with E-state index in [-0.39, 0.29) is 0 Å². The first-order valence-electron chi connectivity index (χ1n) is 4.91. The molecular weight excluding hydrogens is 452 g/mol. The van der Waals surface area contributed by atoms with Gasteiger partial charge in [0.15, 0.2) is 6.04 Å². The summed E-state index contributed by atoms with van der Waals surface area (Å²) in [6.45, 7) is -0.689. The molecule has 6 nitrogen and oxygen atoms in total. The molecule has 0 radical (unpaired) electrons. The van der Waals surface area contributed by atoms with Crippen molar-refractivity contribution in [3.8, 4) is 0 Å². The van der Waals surface area contributed by atoms with Crippen LogP contribution in [-0.4, -0.2) is 34.9 Å². The number of anilines is 1. The average molecular weight is 461 g/mol. The second-order valence-electron chi connectivity index (χ2n) is 3.42. The zero-order valence-corrected chi connectivity index (χ0v) is 14.0. The molecule has 104 valence electrons.